The second-order valence-electron chi connectivity index (χ2n) is 7.76. The van der Waals surface area contributed by atoms with Crippen molar-refractivity contribution in [2.24, 2.45) is 0 Å². The van der Waals surface area contributed by atoms with Crippen molar-refractivity contribution < 1.29 is 48.0 Å². The van der Waals surface area contributed by atoms with E-state index >= 15 is 0 Å². The van der Waals surface area contributed by atoms with Crippen molar-refractivity contribution in [1.82, 2.24) is 0 Å². The molecule has 0 aliphatic carbocycles. The Kier molecular flexibility index (Phi) is 11.3. The lowest BCUT2D eigenvalue weighted by atomic mass is 9.98. The smallest absolute Gasteiger partial charge is 0.412 e. The number of anilines is 1. The van der Waals surface area contributed by atoms with Gasteiger partial charge in [-0.2, -0.15) is 0 Å². The van der Waals surface area contributed by atoms with Crippen LogP contribution >= 0.6 is 0 Å². The number of aliphatic hydroxyl groups is 1. The summed E-state index contributed by atoms with van der Waals surface area (Å²) in [5, 5.41) is 12.4. The number of methoxy groups -OCH3 is 1. The molecule has 1 aliphatic rings. The highest BCUT2D eigenvalue weighted by Gasteiger charge is 2.52. The molecule has 1 aromatic rings. The number of benzene rings is 1. The third kappa shape index (κ3) is 8.78. The van der Waals surface area contributed by atoms with Crippen molar-refractivity contribution in [2.75, 3.05) is 19.0 Å². The molecule has 1 fully saturated rings. The van der Waals surface area contributed by atoms with E-state index in [1.165, 1.54) is 20.1 Å². The van der Waals surface area contributed by atoms with Crippen LogP contribution in [0.15, 0.2) is 43.0 Å². The average Bonchev–Trinajstić information content (AvgIpc) is 2.84. The molecule has 1 amide bonds. The number of hydrogen-bond donors (Lipinski definition) is 2. The first-order chi connectivity index (χ1) is 16.8. The molecule has 0 unspecified atom stereocenters. The lowest BCUT2D eigenvalue weighted by molar-refractivity contribution is -0.299. The molecule has 11 nitrogen and oxygen atoms in total. The van der Waals surface area contributed by atoms with E-state index in [9.17, 15) is 24.3 Å². The quantitative estimate of drug-likeness (QED) is 0.252. The lowest BCUT2D eigenvalue weighted by Gasteiger charge is -2.43. The van der Waals surface area contributed by atoms with Crippen molar-refractivity contribution in [2.45, 2.75) is 63.3 Å². The highest BCUT2D eigenvalue weighted by Crippen LogP contribution is 2.30. The van der Waals surface area contributed by atoms with Gasteiger partial charge < -0.3 is 33.6 Å². The first-order valence-electron chi connectivity index (χ1n) is 11.1. The highest BCUT2D eigenvalue weighted by atomic mass is 16.7. The highest BCUT2D eigenvalue weighted by molar-refractivity contribution is 5.84. The zero-order valence-corrected chi connectivity index (χ0v) is 19.7. The number of carbonyl (C=O) groups is 4. The van der Waals surface area contributed by atoms with E-state index in [-0.39, 0.29) is 25.0 Å². The number of ketones is 1. The molecule has 2 rings (SSSR count). The largest absolute Gasteiger partial charge is 0.454 e. The van der Waals surface area contributed by atoms with Gasteiger partial charge in [-0.15, -0.1) is 6.58 Å². The second kappa shape index (κ2) is 14.2. The van der Waals surface area contributed by atoms with Gasteiger partial charge in [-0.05, 0) is 25.5 Å². The summed E-state index contributed by atoms with van der Waals surface area (Å²) in [6, 6.07) is 8.45. The summed E-state index contributed by atoms with van der Waals surface area (Å²) < 4.78 is 27.4. The summed E-state index contributed by atoms with van der Waals surface area (Å²) in [6.45, 7) is 4.28. The van der Waals surface area contributed by atoms with Crippen LogP contribution < -0.4 is 5.32 Å². The number of amides is 1. The first-order valence-corrected chi connectivity index (χ1v) is 11.1. The third-order valence-electron chi connectivity index (χ3n) is 5.04. The van der Waals surface area contributed by atoms with Gasteiger partial charge in [-0.25, -0.2) is 4.79 Å². The van der Waals surface area contributed by atoms with Crippen LogP contribution in [0, 0.1) is 0 Å². The maximum absolute atomic E-state index is 12.6. The van der Waals surface area contributed by atoms with Crippen LogP contribution in [0.4, 0.5) is 10.5 Å². The molecule has 192 valence electrons. The van der Waals surface area contributed by atoms with Gasteiger partial charge in [0, 0.05) is 25.6 Å². The third-order valence-corrected chi connectivity index (χ3v) is 5.04. The standard InChI is InChI=1S/C24H31NO10/c1-4-5-11-18(28)33-21-20(35-24(30)25-16-9-7-6-8-10-16)17(14-26)32-23(31-3)22(21)34-19(29)13-12-15(2)27/h4,6-10,17,20-23,26H,1,5,11-14H2,2-3H3,(H,25,30)/t17-,20-,21+,22-,23+/m1/s1. The van der Waals surface area contributed by atoms with Crippen LogP contribution in [-0.4, -0.2) is 73.3 Å². The predicted octanol–water partition coefficient (Wildman–Crippen LogP) is 2.13. The van der Waals surface area contributed by atoms with Crippen LogP contribution in [0.3, 0.4) is 0 Å². The molecule has 35 heavy (non-hydrogen) atoms. The molecule has 0 bridgehead atoms. The molecule has 11 heteroatoms. The maximum Gasteiger partial charge on any atom is 0.412 e. The van der Waals surface area contributed by atoms with E-state index in [4.69, 9.17) is 23.7 Å². The summed E-state index contributed by atoms with van der Waals surface area (Å²) in [6.07, 6.45) is -5.83. The van der Waals surface area contributed by atoms with Crippen LogP contribution in [-0.2, 0) is 38.1 Å². The summed E-state index contributed by atoms with van der Waals surface area (Å²) in [4.78, 5) is 48.7. The number of allylic oxidation sites excluding steroid dienone is 1. The van der Waals surface area contributed by atoms with Gasteiger partial charge in [0.25, 0.3) is 0 Å². The normalized spacial score (nSPS) is 23.6. The zero-order chi connectivity index (χ0) is 25.8. The molecule has 5 atom stereocenters. The Labute approximate surface area is 203 Å². The van der Waals surface area contributed by atoms with Crippen molar-refractivity contribution in [3.63, 3.8) is 0 Å². The lowest BCUT2D eigenvalue weighted by Crippen LogP contribution is -2.62. The molecule has 1 heterocycles. The predicted molar refractivity (Wildman–Crippen MR) is 122 cm³/mol. The Bertz CT molecular complexity index is 874. The molecule has 1 aromatic carbocycles. The number of carbonyl (C=O) groups excluding carboxylic acids is 4. The van der Waals surface area contributed by atoms with Crippen LogP contribution in [0.1, 0.15) is 32.6 Å². The fraction of sp³-hybridized carbons (Fsp3) is 0.500. The summed E-state index contributed by atoms with van der Waals surface area (Å²) >= 11 is 0. The van der Waals surface area contributed by atoms with E-state index in [2.05, 4.69) is 11.9 Å². The molecule has 0 spiro atoms. The fourth-order valence-corrected chi connectivity index (χ4v) is 3.33. The summed E-state index contributed by atoms with van der Waals surface area (Å²) in [5.41, 5.74) is 0.441. The minimum Gasteiger partial charge on any atom is -0.454 e. The van der Waals surface area contributed by atoms with E-state index in [0.717, 1.165) is 0 Å². The molecule has 1 aliphatic heterocycles. The first kappa shape index (κ1) is 28.0. The zero-order valence-electron chi connectivity index (χ0n) is 19.7. The van der Waals surface area contributed by atoms with E-state index in [0.29, 0.717) is 12.1 Å². The average molecular weight is 494 g/mol. The molecule has 1 saturated heterocycles. The molecular formula is C24H31NO10. The van der Waals surface area contributed by atoms with Gasteiger partial charge in [-0.1, -0.05) is 24.3 Å². The number of ether oxygens (including phenoxy) is 5. The van der Waals surface area contributed by atoms with Gasteiger partial charge in [0.15, 0.2) is 24.6 Å². The number of aliphatic hydroxyl groups excluding tert-OH is 1. The molecule has 2 N–H and O–H groups in total. The van der Waals surface area contributed by atoms with Gasteiger partial charge in [0.2, 0.25) is 0 Å². The fourth-order valence-electron chi connectivity index (χ4n) is 3.33. The Morgan fingerprint density at radius 1 is 1.00 bits per heavy atom. The van der Waals surface area contributed by atoms with Gasteiger partial charge in [-0.3, -0.25) is 14.9 Å². The van der Waals surface area contributed by atoms with Crippen molar-refractivity contribution >= 4 is 29.5 Å². The SMILES string of the molecule is C=CCCC(=O)O[C@@H]1[C@@H](OC(=O)CCC(C)=O)[C@@H](OC)O[C@H](CO)[C@H]1OC(=O)Nc1ccccc1. The van der Waals surface area contributed by atoms with Crippen molar-refractivity contribution in [1.29, 1.82) is 0 Å². The number of para-hydroxylation sites is 1. The Hall–Kier alpha value is -3.28. The number of rotatable bonds is 12. The van der Waals surface area contributed by atoms with E-state index in [1.54, 1.807) is 30.3 Å². The number of hydrogen-bond acceptors (Lipinski definition) is 10. The molecule has 0 saturated carbocycles. The van der Waals surface area contributed by atoms with Crippen LogP contribution in [0.5, 0.6) is 0 Å². The monoisotopic (exact) mass is 493 g/mol. The van der Waals surface area contributed by atoms with Gasteiger partial charge in [0.05, 0.1) is 13.0 Å². The second-order valence-corrected chi connectivity index (χ2v) is 7.76. The van der Waals surface area contributed by atoms with Gasteiger partial charge >= 0.3 is 18.0 Å². The topological polar surface area (TPSA) is 147 Å². The summed E-state index contributed by atoms with van der Waals surface area (Å²) in [5.74, 6) is -1.65. The Morgan fingerprint density at radius 2 is 1.66 bits per heavy atom. The van der Waals surface area contributed by atoms with E-state index < -0.39 is 55.3 Å². The van der Waals surface area contributed by atoms with Crippen LogP contribution in [0.2, 0.25) is 0 Å². The Morgan fingerprint density at radius 3 is 2.26 bits per heavy atom. The molecule has 0 radical (unpaired) electrons. The summed E-state index contributed by atoms with van der Waals surface area (Å²) in [7, 11) is 1.27. The van der Waals surface area contributed by atoms with Crippen molar-refractivity contribution in [3.8, 4) is 0 Å². The minimum absolute atomic E-state index is 0.0315. The number of nitrogens with one attached hydrogen (secondary N) is 1. The number of esters is 2. The Balaban J connectivity index is 2.30. The van der Waals surface area contributed by atoms with Crippen LogP contribution in [0.25, 0.3) is 0 Å². The number of Topliss-reactive ketones (excluding diaryl/α,β-unsaturated/α-hetero) is 1. The molecule has 0 aromatic heterocycles. The van der Waals surface area contributed by atoms with E-state index in [1.807, 2.05) is 0 Å². The maximum atomic E-state index is 12.6. The molecular weight excluding hydrogens is 462 g/mol. The van der Waals surface area contributed by atoms with Crippen molar-refractivity contribution in [3.05, 3.63) is 43.0 Å². The van der Waals surface area contributed by atoms with Gasteiger partial charge in [0.1, 0.15) is 11.9 Å². The minimum atomic E-state index is -1.37.